The number of hydrogen-bond acceptors (Lipinski definition) is 12. The minimum Gasteiger partial charge on any atom is -0.811 e. The number of nitrogens with two attached hydrogens (primary N) is 1. The second kappa shape index (κ2) is 17.8. The summed E-state index contributed by atoms with van der Waals surface area (Å²) in [5, 5.41) is 0. The van der Waals surface area contributed by atoms with Crippen LogP contribution in [0.15, 0.2) is 11.1 Å². The van der Waals surface area contributed by atoms with E-state index in [9.17, 15) is 33.5 Å². The summed E-state index contributed by atoms with van der Waals surface area (Å²) in [4.78, 5) is 64.6. The third-order valence-corrected chi connectivity index (χ3v) is 4.74. The van der Waals surface area contributed by atoms with Crippen LogP contribution in [0.2, 0.25) is 0 Å². The van der Waals surface area contributed by atoms with Gasteiger partial charge in [-0.1, -0.05) is 7.60 Å². The first-order valence-corrected chi connectivity index (χ1v) is 11.3. The van der Waals surface area contributed by atoms with Gasteiger partial charge in [-0.15, -0.1) is 0 Å². The minimum atomic E-state index is -4.89. The van der Waals surface area contributed by atoms with E-state index in [2.05, 4.69) is 15.0 Å². The van der Waals surface area contributed by atoms with Gasteiger partial charge in [0.25, 0.3) is 5.56 Å². The Hall–Kier alpha value is 2.37. The number of nitrogen functional groups attached to an aromatic ring is 1. The van der Waals surface area contributed by atoms with Gasteiger partial charge >= 0.3 is 118 Å². The van der Waals surface area contributed by atoms with Crippen LogP contribution >= 0.6 is 15.2 Å². The minimum absolute atomic E-state index is 0. The van der Waals surface area contributed by atoms with E-state index < -0.39 is 39.4 Å². The van der Waals surface area contributed by atoms with Crippen LogP contribution in [-0.4, -0.2) is 51.3 Å². The molecular weight excluding hydrogens is 512 g/mol. The van der Waals surface area contributed by atoms with Crippen LogP contribution in [0.3, 0.4) is 0 Å². The Morgan fingerprint density at radius 3 is 2.31 bits per heavy atom. The van der Waals surface area contributed by atoms with Crippen molar-refractivity contribution in [1.29, 1.82) is 0 Å². The maximum absolute atomic E-state index is 11.8. The number of hydrogen-bond donors (Lipinski definition) is 2. The van der Waals surface area contributed by atoms with Crippen LogP contribution < -0.4 is 149 Å². The second-order valence-corrected chi connectivity index (χ2v) is 8.96. The van der Waals surface area contributed by atoms with Gasteiger partial charge in [-0.3, -0.25) is 9.78 Å². The van der Waals surface area contributed by atoms with Gasteiger partial charge in [0.1, 0.15) is 0 Å². The van der Waals surface area contributed by atoms with E-state index in [-0.39, 0.29) is 162 Å². The van der Waals surface area contributed by atoms with Gasteiger partial charge in [0.2, 0.25) is 5.95 Å². The molecule has 0 fully saturated rings. The van der Waals surface area contributed by atoms with Crippen LogP contribution in [0.4, 0.5) is 5.95 Å². The quantitative estimate of drug-likeness (QED) is 0.157. The molecule has 0 bridgehead atoms. The number of ether oxygens (including phenoxy) is 2. The topological polar surface area (TPSA) is 234 Å². The molecule has 0 amide bonds. The van der Waals surface area contributed by atoms with Gasteiger partial charge in [0.05, 0.1) is 31.9 Å². The molecule has 0 radical (unpaired) electrons. The fourth-order valence-corrected chi connectivity index (χ4v) is 3.13. The van der Waals surface area contributed by atoms with Crippen molar-refractivity contribution < 1.29 is 156 Å². The number of fused-ring (bicyclic) bond motifs is 1. The normalized spacial score (nSPS) is 12.1. The molecule has 2 aromatic rings. The Kier molecular flexibility index (Phi) is 21.6. The van der Waals surface area contributed by atoms with Gasteiger partial charge in [0, 0.05) is 6.61 Å². The first kappa shape index (κ1) is 38.9. The molecule has 2 aromatic heterocycles. The molecule has 14 nitrogen and oxygen atoms in total. The van der Waals surface area contributed by atoms with Crippen LogP contribution in [0.25, 0.3) is 11.2 Å². The molecule has 0 aliphatic carbocycles. The maximum atomic E-state index is 11.8. The zero-order chi connectivity index (χ0) is 20.9. The van der Waals surface area contributed by atoms with Gasteiger partial charge in [-0.25, -0.2) is 4.98 Å². The maximum Gasteiger partial charge on any atom is 1.00 e. The number of imidazole rings is 1. The van der Waals surface area contributed by atoms with E-state index in [1.165, 1.54) is 10.9 Å². The summed E-state index contributed by atoms with van der Waals surface area (Å²) in [7, 11) is -9.57. The zero-order valence-corrected chi connectivity index (χ0v) is 28.2. The first-order chi connectivity index (χ1) is 12.9. The smallest absolute Gasteiger partial charge is 0.811 e. The number of anilines is 1. The van der Waals surface area contributed by atoms with E-state index in [4.69, 9.17) is 15.2 Å². The summed E-state index contributed by atoms with van der Waals surface area (Å²) < 4.78 is 33.0. The van der Waals surface area contributed by atoms with Gasteiger partial charge < -0.3 is 48.5 Å². The summed E-state index contributed by atoms with van der Waals surface area (Å²) in [6.45, 7) is -0.502. The van der Waals surface area contributed by atoms with Crippen molar-refractivity contribution in [1.82, 2.24) is 19.5 Å². The standard InChI is InChI=1S/C12H21N5O9P2.4Na/c13-12-15-10-9(11(18)16-12)14-6-17(10)4-8(5-25-7-28(22,23)24)26-2-1-3-27(19,20)21;;;;/h6,8H,1-5,7H2,(H2,19,20,21)(H2,22,23,24)(H3,13,15,16,18);;;;/q;4*+1/p-4/t8-;;;;/m0..../s1. The summed E-state index contributed by atoms with van der Waals surface area (Å²) >= 11 is 0. The average Bonchev–Trinajstić information content (AvgIpc) is 2.92. The largest absolute Gasteiger partial charge is 1.00 e. The molecule has 2 heterocycles. The molecule has 1 atom stereocenters. The number of nitrogens with one attached hydrogen (secondary N) is 1. The Morgan fingerprint density at radius 1 is 1.12 bits per heavy atom. The van der Waals surface area contributed by atoms with E-state index in [1.807, 2.05) is 0 Å². The number of H-pyrrole nitrogens is 1. The summed E-state index contributed by atoms with van der Waals surface area (Å²) in [6, 6.07) is 0. The molecule has 0 aliphatic heterocycles. The summed E-state index contributed by atoms with van der Waals surface area (Å²) in [5.41, 5.74) is 5.09. The summed E-state index contributed by atoms with van der Waals surface area (Å²) in [5.74, 6) is -0.145. The molecule has 0 aliphatic rings. The molecule has 20 heteroatoms. The van der Waals surface area contributed by atoms with Crippen molar-refractivity contribution in [2.75, 3.05) is 31.5 Å². The van der Waals surface area contributed by atoms with E-state index in [0.717, 1.165) is 0 Å². The third kappa shape index (κ3) is 14.8. The predicted molar refractivity (Wildman–Crippen MR) is 87.8 cm³/mol. The number of aromatic nitrogens is 4. The molecule has 3 N–H and O–H groups in total. The van der Waals surface area contributed by atoms with Crippen LogP contribution in [-0.2, 0) is 25.1 Å². The van der Waals surface area contributed by atoms with Crippen LogP contribution in [0, 0.1) is 0 Å². The molecule has 0 saturated heterocycles. The Balaban J connectivity index is -0.00000210. The fourth-order valence-electron chi connectivity index (χ4n) is 2.28. The Labute approximate surface area is 271 Å². The number of nitrogens with zero attached hydrogens (tertiary/aromatic N) is 3. The predicted octanol–water partition coefficient (Wildman–Crippen LogP) is -15.7. The van der Waals surface area contributed by atoms with E-state index >= 15 is 0 Å². The van der Waals surface area contributed by atoms with Crippen molar-refractivity contribution in [3.05, 3.63) is 16.7 Å². The van der Waals surface area contributed by atoms with Gasteiger partial charge in [-0.05, 0) is 20.2 Å². The molecule has 32 heavy (non-hydrogen) atoms. The number of aromatic amines is 1. The molecule has 0 unspecified atom stereocenters. The van der Waals surface area contributed by atoms with Gasteiger partial charge in [-0.2, -0.15) is 4.98 Å². The molecule has 158 valence electrons. The molecule has 2 rings (SSSR count). The van der Waals surface area contributed by atoms with Crippen molar-refractivity contribution in [2.45, 2.75) is 19.1 Å². The monoisotopic (exact) mass is 529 g/mol. The second-order valence-electron chi connectivity index (χ2n) is 5.81. The molecule has 0 aromatic carbocycles. The van der Waals surface area contributed by atoms with E-state index in [0.29, 0.717) is 0 Å². The fraction of sp³-hybridized carbons (Fsp3) is 0.583. The Morgan fingerprint density at radius 2 is 1.75 bits per heavy atom. The summed E-state index contributed by atoms with van der Waals surface area (Å²) in [6.07, 6.45) is -1.34. The van der Waals surface area contributed by atoms with Crippen LogP contribution in [0.5, 0.6) is 0 Å². The molecule has 0 spiro atoms. The van der Waals surface area contributed by atoms with E-state index in [1.54, 1.807) is 0 Å². The molecular formula is C12H17N5Na4O9P2. The van der Waals surface area contributed by atoms with Crippen LogP contribution in [0.1, 0.15) is 6.42 Å². The van der Waals surface area contributed by atoms with Crippen molar-refractivity contribution in [2.24, 2.45) is 0 Å². The third-order valence-electron chi connectivity index (χ3n) is 3.38. The van der Waals surface area contributed by atoms with Crippen molar-refractivity contribution >= 4 is 32.3 Å². The zero-order valence-electron chi connectivity index (χ0n) is 18.4. The number of rotatable bonds is 11. The van der Waals surface area contributed by atoms with Crippen molar-refractivity contribution in [3.63, 3.8) is 0 Å². The molecule has 0 saturated carbocycles. The van der Waals surface area contributed by atoms with Gasteiger partial charge in [0.15, 0.2) is 11.2 Å². The Bertz CT molecular complexity index is 966. The SMILES string of the molecule is Nc1nc2c(ncn2C[C@@H](COCP(=O)([O-])[O-])OCCCP(=O)([O-])[O-])c(=O)[nH]1.[Na+].[Na+].[Na+].[Na+]. The van der Waals surface area contributed by atoms with Crippen molar-refractivity contribution in [3.8, 4) is 0 Å². The average molecular weight is 529 g/mol. The first-order valence-electron chi connectivity index (χ1n) is 7.87.